The van der Waals surface area contributed by atoms with Crippen LogP contribution in [0.4, 0.5) is 10.1 Å². The van der Waals surface area contributed by atoms with E-state index in [9.17, 15) is 9.18 Å². The lowest BCUT2D eigenvalue weighted by Gasteiger charge is -2.03. The van der Waals surface area contributed by atoms with Crippen LogP contribution in [0.2, 0.25) is 0 Å². The molecule has 0 radical (unpaired) electrons. The smallest absolute Gasteiger partial charge is 0.288 e. The molecule has 0 bridgehead atoms. The summed E-state index contributed by atoms with van der Waals surface area (Å²) in [6.07, 6.45) is 2.61. The molecule has 7 heteroatoms. The molecule has 2 aromatic rings. The summed E-state index contributed by atoms with van der Waals surface area (Å²) in [5, 5.41) is 2.82. The first-order valence-electron chi connectivity index (χ1n) is 4.11. The van der Waals surface area contributed by atoms with Gasteiger partial charge >= 0.3 is 0 Å². The van der Waals surface area contributed by atoms with Crippen molar-refractivity contribution >= 4 is 23.7 Å². The minimum absolute atomic E-state index is 0.213. The molecule has 2 aromatic heterocycles. The third kappa shape index (κ3) is 1.61. The van der Waals surface area contributed by atoms with Crippen LogP contribution in [0.15, 0.2) is 17.2 Å². The Labute approximate surface area is 88.6 Å². The van der Waals surface area contributed by atoms with E-state index in [1.165, 1.54) is 4.40 Å². The normalized spacial score (nSPS) is 10.5. The summed E-state index contributed by atoms with van der Waals surface area (Å²) in [5.74, 6) is -0.654. The van der Waals surface area contributed by atoms with Crippen LogP contribution < -0.4 is 10.9 Å². The molecule has 0 unspecified atom stereocenters. The van der Waals surface area contributed by atoms with Gasteiger partial charge in [0, 0.05) is 13.2 Å². The largest absolute Gasteiger partial charge is 0.384 e. The Hall–Kier alpha value is -1.76. The average Bonchev–Trinajstić information content (AvgIpc) is 2.20. The van der Waals surface area contributed by atoms with Gasteiger partial charge in [0.1, 0.15) is 0 Å². The second-order valence-electron chi connectivity index (χ2n) is 2.87. The fourth-order valence-electron chi connectivity index (χ4n) is 1.17. The van der Waals surface area contributed by atoms with E-state index in [-0.39, 0.29) is 5.78 Å². The minimum Gasteiger partial charge on any atom is -0.384 e. The highest BCUT2D eigenvalue weighted by Gasteiger charge is 2.03. The molecule has 0 fully saturated rings. The first-order valence-corrected chi connectivity index (χ1v) is 4.52. The highest BCUT2D eigenvalue weighted by Crippen LogP contribution is 2.07. The van der Waals surface area contributed by atoms with Crippen LogP contribution in [-0.2, 0) is 0 Å². The Morgan fingerprint density at radius 2 is 2.33 bits per heavy atom. The zero-order valence-electron chi connectivity index (χ0n) is 7.74. The summed E-state index contributed by atoms with van der Waals surface area (Å²) in [7, 11) is 1.68. The van der Waals surface area contributed by atoms with Crippen LogP contribution in [0.1, 0.15) is 0 Å². The number of halogens is 1. The molecule has 2 rings (SSSR count). The van der Waals surface area contributed by atoms with Crippen molar-refractivity contribution in [3.05, 3.63) is 33.2 Å². The number of aromatic amines is 1. The number of nitrogens with one attached hydrogen (secondary N) is 2. The summed E-state index contributed by atoms with van der Waals surface area (Å²) in [4.78, 5) is 17.2. The average molecular weight is 226 g/mol. The van der Waals surface area contributed by atoms with E-state index in [2.05, 4.69) is 15.3 Å². The van der Waals surface area contributed by atoms with E-state index >= 15 is 0 Å². The molecule has 2 N–H and O–H groups in total. The van der Waals surface area contributed by atoms with E-state index in [0.29, 0.717) is 10.3 Å². The van der Waals surface area contributed by atoms with Crippen LogP contribution in [0.25, 0.3) is 5.78 Å². The molecular formula is C8H7FN4OS. The Kier molecular flexibility index (Phi) is 2.24. The van der Waals surface area contributed by atoms with Gasteiger partial charge in [0.15, 0.2) is 4.64 Å². The first kappa shape index (κ1) is 9.78. The number of nitrogens with zero attached hydrogens (tertiary/aromatic N) is 2. The van der Waals surface area contributed by atoms with Crippen LogP contribution in [0, 0.1) is 10.5 Å². The van der Waals surface area contributed by atoms with Crippen molar-refractivity contribution in [3.63, 3.8) is 0 Å². The topological polar surface area (TPSA) is 62.2 Å². The molecule has 0 aliphatic carbocycles. The number of aromatic nitrogens is 3. The molecule has 0 amide bonds. The quantitative estimate of drug-likeness (QED) is 0.710. The molecule has 0 saturated carbocycles. The van der Waals surface area contributed by atoms with Crippen molar-refractivity contribution in [2.24, 2.45) is 0 Å². The number of fused-ring (bicyclic) bond motifs is 1. The van der Waals surface area contributed by atoms with Gasteiger partial charge in [0.2, 0.25) is 11.6 Å². The summed E-state index contributed by atoms with van der Waals surface area (Å²) in [6.45, 7) is 0. The van der Waals surface area contributed by atoms with Gasteiger partial charge in [0.25, 0.3) is 5.56 Å². The van der Waals surface area contributed by atoms with Gasteiger partial charge in [-0.05, 0) is 0 Å². The van der Waals surface area contributed by atoms with Crippen molar-refractivity contribution in [2.75, 3.05) is 12.4 Å². The molecule has 2 heterocycles. The van der Waals surface area contributed by atoms with Crippen LogP contribution >= 0.6 is 12.2 Å². The monoisotopic (exact) mass is 226 g/mol. The lowest BCUT2D eigenvalue weighted by Crippen LogP contribution is -2.14. The Morgan fingerprint density at radius 1 is 1.60 bits per heavy atom. The van der Waals surface area contributed by atoms with E-state index in [0.717, 1.165) is 6.20 Å². The summed E-state index contributed by atoms with van der Waals surface area (Å²) < 4.78 is 14.6. The standard InChI is InChI=1S/C8H7FN4OS/c1-10-5-3-13-2-4(9)6(14)11-8(13)12-7(5)15/h2-3,10H,1H3,(H,11,12,14,15). The predicted octanol–water partition coefficient (Wildman–Crippen LogP) is 0.933. The third-order valence-electron chi connectivity index (χ3n) is 1.91. The molecule has 0 aliphatic heterocycles. The number of hydrogen-bond donors (Lipinski definition) is 2. The number of anilines is 1. The molecule has 0 spiro atoms. The van der Waals surface area contributed by atoms with Gasteiger partial charge in [-0.3, -0.25) is 14.2 Å². The van der Waals surface area contributed by atoms with Gasteiger partial charge in [0.05, 0.1) is 11.9 Å². The van der Waals surface area contributed by atoms with Gasteiger partial charge in [-0.2, -0.15) is 4.39 Å². The zero-order chi connectivity index (χ0) is 11.0. The van der Waals surface area contributed by atoms with Crippen molar-refractivity contribution < 1.29 is 4.39 Å². The number of rotatable bonds is 1. The first-order chi connectivity index (χ1) is 7.11. The van der Waals surface area contributed by atoms with Crippen molar-refractivity contribution in [3.8, 4) is 0 Å². The van der Waals surface area contributed by atoms with Crippen molar-refractivity contribution in [1.82, 2.24) is 14.4 Å². The highest BCUT2D eigenvalue weighted by molar-refractivity contribution is 7.71. The van der Waals surface area contributed by atoms with E-state index in [1.807, 2.05) is 0 Å². The second-order valence-corrected chi connectivity index (χ2v) is 3.26. The minimum atomic E-state index is -0.867. The maximum absolute atomic E-state index is 12.9. The summed E-state index contributed by atoms with van der Waals surface area (Å²) >= 11 is 4.95. The third-order valence-corrected chi connectivity index (χ3v) is 2.23. The van der Waals surface area contributed by atoms with E-state index in [4.69, 9.17) is 12.2 Å². The number of hydrogen-bond acceptors (Lipinski definition) is 4. The molecule has 0 atom stereocenters. The van der Waals surface area contributed by atoms with E-state index in [1.54, 1.807) is 13.2 Å². The van der Waals surface area contributed by atoms with Gasteiger partial charge in [-0.25, -0.2) is 4.98 Å². The van der Waals surface area contributed by atoms with Crippen LogP contribution in [0.3, 0.4) is 0 Å². The van der Waals surface area contributed by atoms with Crippen molar-refractivity contribution in [2.45, 2.75) is 0 Å². The molecule has 15 heavy (non-hydrogen) atoms. The van der Waals surface area contributed by atoms with E-state index < -0.39 is 11.4 Å². The lowest BCUT2D eigenvalue weighted by atomic mass is 10.5. The fourth-order valence-corrected chi connectivity index (χ4v) is 1.42. The Morgan fingerprint density at radius 3 is 3.00 bits per heavy atom. The summed E-state index contributed by atoms with van der Waals surface area (Å²) in [6, 6.07) is 0. The molecule has 5 nitrogen and oxygen atoms in total. The SMILES string of the molecule is CNc1cn2cc(F)c(=O)[nH]c2nc1=S. The predicted molar refractivity (Wildman–Crippen MR) is 56.2 cm³/mol. The van der Waals surface area contributed by atoms with Crippen LogP contribution in [0.5, 0.6) is 0 Å². The zero-order valence-corrected chi connectivity index (χ0v) is 8.56. The molecule has 0 saturated heterocycles. The molecule has 0 aromatic carbocycles. The molecule has 0 aliphatic rings. The van der Waals surface area contributed by atoms with Crippen molar-refractivity contribution in [1.29, 1.82) is 0 Å². The summed E-state index contributed by atoms with van der Waals surface area (Å²) in [5.41, 5.74) is -0.219. The second kappa shape index (κ2) is 3.43. The maximum atomic E-state index is 12.9. The highest BCUT2D eigenvalue weighted by atomic mass is 32.1. The molecule has 78 valence electrons. The Balaban J connectivity index is 2.88. The van der Waals surface area contributed by atoms with Gasteiger partial charge in [-0.1, -0.05) is 12.2 Å². The molecular weight excluding hydrogens is 219 g/mol. The number of H-pyrrole nitrogens is 1. The lowest BCUT2D eigenvalue weighted by molar-refractivity contribution is 0.597. The van der Waals surface area contributed by atoms with Crippen LogP contribution in [-0.4, -0.2) is 21.4 Å². The fraction of sp³-hybridized carbons (Fsp3) is 0.125. The van der Waals surface area contributed by atoms with Gasteiger partial charge in [-0.15, -0.1) is 0 Å². The van der Waals surface area contributed by atoms with Gasteiger partial charge < -0.3 is 5.32 Å². The Bertz CT molecular complexity index is 633. The maximum Gasteiger partial charge on any atom is 0.288 e.